The fourth-order valence-corrected chi connectivity index (χ4v) is 2.71. The third-order valence-electron chi connectivity index (χ3n) is 3.33. The fraction of sp³-hybridized carbons (Fsp3) is 0.211. The Bertz CT molecular complexity index is 923. The van der Waals surface area contributed by atoms with Crippen LogP contribution in [0.2, 0.25) is 0 Å². The second-order valence-electron chi connectivity index (χ2n) is 5.71. The van der Waals surface area contributed by atoms with Crippen LogP contribution in [0.1, 0.15) is 35.3 Å². The van der Waals surface area contributed by atoms with Gasteiger partial charge in [-0.25, -0.2) is 9.82 Å². The first-order chi connectivity index (χ1) is 12.8. The van der Waals surface area contributed by atoms with Gasteiger partial charge < -0.3 is 9.47 Å². The Morgan fingerprint density at radius 3 is 2.70 bits per heavy atom. The Labute approximate surface area is 164 Å². The van der Waals surface area contributed by atoms with Crippen molar-refractivity contribution in [1.29, 1.82) is 5.26 Å². The molecule has 0 saturated heterocycles. The van der Waals surface area contributed by atoms with Crippen molar-refractivity contribution in [3.63, 3.8) is 0 Å². The molecule has 2 aromatic rings. The molecular weight excluding hydrogens is 417 g/mol. The first kappa shape index (κ1) is 20.4. The molecule has 0 aliphatic heterocycles. The Morgan fingerprint density at radius 1 is 1.37 bits per heavy atom. The molecule has 0 radical (unpaired) electrons. The van der Waals surface area contributed by atoms with E-state index in [1.165, 1.54) is 25.5 Å². The van der Waals surface area contributed by atoms with Crippen LogP contribution in [0, 0.1) is 17.1 Å². The van der Waals surface area contributed by atoms with E-state index in [4.69, 9.17) is 14.7 Å². The van der Waals surface area contributed by atoms with E-state index in [0.717, 1.165) is 6.07 Å². The van der Waals surface area contributed by atoms with Crippen LogP contribution in [0.4, 0.5) is 4.39 Å². The number of carbonyl (C=O) groups excluding carboxylic acids is 1. The zero-order chi connectivity index (χ0) is 20.0. The van der Waals surface area contributed by atoms with Gasteiger partial charge in [0.05, 0.1) is 41.1 Å². The third kappa shape index (κ3) is 5.28. The molecule has 0 heterocycles. The number of carbonyl (C=O) groups is 1. The van der Waals surface area contributed by atoms with Gasteiger partial charge in [0.25, 0.3) is 5.91 Å². The maximum atomic E-state index is 13.8. The second-order valence-corrected chi connectivity index (χ2v) is 6.56. The van der Waals surface area contributed by atoms with Gasteiger partial charge in [-0.15, -0.1) is 0 Å². The van der Waals surface area contributed by atoms with E-state index in [0.29, 0.717) is 21.5 Å². The molecule has 0 fully saturated rings. The lowest BCUT2D eigenvalue weighted by molar-refractivity contribution is 0.0951. The number of benzene rings is 2. The van der Waals surface area contributed by atoms with Crippen molar-refractivity contribution in [3.8, 4) is 17.6 Å². The summed E-state index contributed by atoms with van der Waals surface area (Å²) in [6.45, 7) is 3.80. The van der Waals surface area contributed by atoms with Crippen LogP contribution in [-0.2, 0) is 0 Å². The van der Waals surface area contributed by atoms with Crippen LogP contribution < -0.4 is 14.9 Å². The summed E-state index contributed by atoms with van der Waals surface area (Å²) in [6, 6.07) is 8.83. The Hall–Kier alpha value is -2.92. The molecule has 0 unspecified atom stereocenters. The number of hydrogen-bond donors (Lipinski definition) is 1. The zero-order valence-electron chi connectivity index (χ0n) is 14.9. The Balaban J connectivity index is 2.15. The molecule has 6 nitrogen and oxygen atoms in total. The van der Waals surface area contributed by atoms with E-state index in [2.05, 4.69) is 26.5 Å². The van der Waals surface area contributed by atoms with E-state index < -0.39 is 11.7 Å². The largest absolute Gasteiger partial charge is 0.493 e. The number of nitriles is 1. The molecule has 2 rings (SSSR count). The maximum absolute atomic E-state index is 13.8. The van der Waals surface area contributed by atoms with Gasteiger partial charge in [0, 0.05) is 0 Å². The van der Waals surface area contributed by atoms with Crippen LogP contribution in [0.3, 0.4) is 0 Å². The normalized spacial score (nSPS) is 10.7. The number of nitrogens with zero attached hydrogens (tertiary/aromatic N) is 2. The highest BCUT2D eigenvalue weighted by molar-refractivity contribution is 9.10. The summed E-state index contributed by atoms with van der Waals surface area (Å²) in [6.07, 6.45) is 1.36. The standard InChI is InChI=1S/C19H17BrFN3O3/c1-11(2)27-18-15(20)6-13(8-17(18)26-3)10-23-24-19(25)14-5-4-12(9-22)7-16(14)21/h4-8,10-11H,1-3H3,(H,24,25)/b23-10-. The van der Waals surface area contributed by atoms with E-state index in [1.807, 2.05) is 13.8 Å². The molecule has 140 valence electrons. The van der Waals surface area contributed by atoms with E-state index in [9.17, 15) is 9.18 Å². The minimum Gasteiger partial charge on any atom is -0.493 e. The van der Waals surface area contributed by atoms with Gasteiger partial charge in [-0.3, -0.25) is 4.79 Å². The topological polar surface area (TPSA) is 83.7 Å². The van der Waals surface area contributed by atoms with Crippen molar-refractivity contribution in [3.05, 3.63) is 57.3 Å². The predicted molar refractivity (Wildman–Crippen MR) is 103 cm³/mol. The van der Waals surface area contributed by atoms with Crippen LogP contribution in [0.25, 0.3) is 0 Å². The summed E-state index contributed by atoms with van der Waals surface area (Å²) in [5.74, 6) is -0.447. The summed E-state index contributed by atoms with van der Waals surface area (Å²) < 4.78 is 25.5. The monoisotopic (exact) mass is 433 g/mol. The van der Waals surface area contributed by atoms with Gasteiger partial charge in [-0.2, -0.15) is 10.4 Å². The minimum absolute atomic E-state index is 0.0312. The van der Waals surface area contributed by atoms with E-state index >= 15 is 0 Å². The molecule has 0 aliphatic rings. The molecule has 1 amide bonds. The van der Waals surface area contributed by atoms with Crippen LogP contribution in [0.15, 0.2) is 39.9 Å². The molecule has 0 aliphatic carbocycles. The van der Waals surface area contributed by atoms with Gasteiger partial charge in [0.2, 0.25) is 0 Å². The second kappa shape index (κ2) is 9.14. The highest BCUT2D eigenvalue weighted by Crippen LogP contribution is 2.36. The van der Waals surface area contributed by atoms with Gasteiger partial charge in [-0.1, -0.05) is 0 Å². The minimum atomic E-state index is -0.790. The lowest BCUT2D eigenvalue weighted by Gasteiger charge is -2.15. The van der Waals surface area contributed by atoms with Crippen molar-refractivity contribution >= 4 is 28.1 Å². The first-order valence-electron chi connectivity index (χ1n) is 7.93. The summed E-state index contributed by atoms with van der Waals surface area (Å²) >= 11 is 3.42. The number of rotatable bonds is 6. The van der Waals surface area contributed by atoms with Crippen LogP contribution >= 0.6 is 15.9 Å². The molecule has 0 aromatic heterocycles. The number of hydrogen-bond acceptors (Lipinski definition) is 5. The van der Waals surface area contributed by atoms with Crippen molar-refractivity contribution in [2.45, 2.75) is 20.0 Å². The average Bonchev–Trinajstić information content (AvgIpc) is 2.62. The molecule has 0 atom stereocenters. The quantitative estimate of drug-likeness (QED) is 0.550. The molecule has 0 spiro atoms. The summed E-state index contributed by atoms with van der Waals surface area (Å²) in [4.78, 5) is 12.0. The zero-order valence-corrected chi connectivity index (χ0v) is 16.5. The number of amides is 1. The highest BCUT2D eigenvalue weighted by atomic mass is 79.9. The SMILES string of the molecule is COc1cc(/C=N\NC(=O)c2ccc(C#N)cc2F)cc(Br)c1OC(C)C. The number of methoxy groups -OCH3 is 1. The lowest BCUT2D eigenvalue weighted by atomic mass is 10.1. The number of halogens is 2. The Kier molecular flexibility index (Phi) is 6.91. The fourth-order valence-electron chi connectivity index (χ4n) is 2.16. The maximum Gasteiger partial charge on any atom is 0.274 e. The van der Waals surface area contributed by atoms with Gasteiger partial charge in [0.15, 0.2) is 11.5 Å². The summed E-state index contributed by atoms with van der Waals surface area (Å²) in [5.41, 5.74) is 2.81. The van der Waals surface area contributed by atoms with Crippen molar-refractivity contribution in [1.82, 2.24) is 5.43 Å². The number of nitrogens with one attached hydrogen (secondary N) is 1. The molecule has 0 bridgehead atoms. The predicted octanol–water partition coefficient (Wildman–Crippen LogP) is 4.02. The average molecular weight is 434 g/mol. The van der Waals surface area contributed by atoms with E-state index in [-0.39, 0.29) is 17.2 Å². The molecule has 8 heteroatoms. The van der Waals surface area contributed by atoms with Crippen LogP contribution in [0.5, 0.6) is 11.5 Å². The number of ether oxygens (including phenoxy) is 2. The van der Waals surface area contributed by atoms with E-state index in [1.54, 1.807) is 18.2 Å². The van der Waals surface area contributed by atoms with Crippen molar-refractivity contribution in [2.24, 2.45) is 5.10 Å². The third-order valence-corrected chi connectivity index (χ3v) is 3.92. The summed E-state index contributed by atoms with van der Waals surface area (Å²) in [5, 5.41) is 12.6. The van der Waals surface area contributed by atoms with Gasteiger partial charge in [0.1, 0.15) is 5.82 Å². The Morgan fingerprint density at radius 2 is 2.11 bits per heavy atom. The van der Waals surface area contributed by atoms with Crippen molar-refractivity contribution in [2.75, 3.05) is 7.11 Å². The lowest BCUT2D eigenvalue weighted by Crippen LogP contribution is -2.19. The summed E-state index contributed by atoms with van der Waals surface area (Å²) in [7, 11) is 1.52. The molecule has 0 saturated carbocycles. The van der Waals surface area contributed by atoms with Crippen molar-refractivity contribution < 1.29 is 18.7 Å². The van der Waals surface area contributed by atoms with Gasteiger partial charge in [-0.05, 0) is 65.7 Å². The van der Waals surface area contributed by atoms with Gasteiger partial charge >= 0.3 is 0 Å². The van der Waals surface area contributed by atoms with Crippen LogP contribution in [-0.4, -0.2) is 25.3 Å². The highest BCUT2D eigenvalue weighted by Gasteiger charge is 2.13. The molecule has 27 heavy (non-hydrogen) atoms. The molecule has 2 aromatic carbocycles. The smallest absolute Gasteiger partial charge is 0.274 e. The molecule has 1 N–H and O–H groups in total. The number of hydrazone groups is 1. The first-order valence-corrected chi connectivity index (χ1v) is 8.72. The molecular formula is C19H17BrFN3O3.